The van der Waals surface area contributed by atoms with Crippen LogP contribution in [0.5, 0.6) is 34.5 Å². The standard InChI is InChI=1S/C25H30O7/c26-17-11-15(22(29)24(31)19(17)13-7-3-1-4-8-13)21(28)16-12-18(27)20(25(32)23(16)30)14-9-5-2-6-10-14/h11-14,26-27,29-32H,1-10H2. The van der Waals surface area contributed by atoms with Gasteiger partial charge in [0.1, 0.15) is 11.5 Å². The average Bonchev–Trinajstić information content (AvgIpc) is 2.80. The zero-order valence-corrected chi connectivity index (χ0v) is 18.0. The second kappa shape index (κ2) is 8.81. The first kappa shape index (κ1) is 22.1. The molecule has 0 aliphatic heterocycles. The van der Waals surface area contributed by atoms with Crippen LogP contribution in [0.2, 0.25) is 0 Å². The maximum atomic E-state index is 13.1. The van der Waals surface area contributed by atoms with Crippen LogP contribution in [0.1, 0.15) is 103 Å². The van der Waals surface area contributed by atoms with Crippen LogP contribution >= 0.6 is 0 Å². The summed E-state index contributed by atoms with van der Waals surface area (Å²) >= 11 is 0. The van der Waals surface area contributed by atoms with E-state index in [4.69, 9.17) is 0 Å². The summed E-state index contributed by atoms with van der Waals surface area (Å²) in [5.41, 5.74) is -0.388. The summed E-state index contributed by atoms with van der Waals surface area (Å²) in [7, 11) is 0. The van der Waals surface area contributed by atoms with Gasteiger partial charge < -0.3 is 30.6 Å². The fourth-order valence-corrected chi connectivity index (χ4v) is 5.40. The van der Waals surface area contributed by atoms with Crippen molar-refractivity contribution in [3.63, 3.8) is 0 Å². The molecule has 0 radical (unpaired) electrons. The molecular weight excluding hydrogens is 412 g/mol. The van der Waals surface area contributed by atoms with Gasteiger partial charge in [-0.15, -0.1) is 0 Å². The molecule has 0 atom stereocenters. The molecule has 0 aromatic heterocycles. The fourth-order valence-electron chi connectivity index (χ4n) is 5.40. The van der Waals surface area contributed by atoms with Gasteiger partial charge in [0, 0.05) is 11.1 Å². The average molecular weight is 443 g/mol. The van der Waals surface area contributed by atoms with E-state index in [1.54, 1.807) is 0 Å². The van der Waals surface area contributed by atoms with Crippen LogP contribution < -0.4 is 0 Å². The van der Waals surface area contributed by atoms with Gasteiger partial charge in [0.2, 0.25) is 5.78 Å². The highest BCUT2D eigenvalue weighted by Gasteiger charge is 2.31. The number of phenols is 6. The Hall–Kier alpha value is -3.09. The Balaban J connectivity index is 1.73. The van der Waals surface area contributed by atoms with E-state index in [1.165, 1.54) is 0 Å². The zero-order valence-electron chi connectivity index (χ0n) is 18.0. The Morgan fingerprint density at radius 2 is 0.906 bits per heavy atom. The van der Waals surface area contributed by atoms with Gasteiger partial charge in [0.25, 0.3) is 0 Å². The molecule has 0 heterocycles. The topological polar surface area (TPSA) is 138 Å². The molecule has 2 aromatic carbocycles. The van der Waals surface area contributed by atoms with Crippen molar-refractivity contribution in [1.82, 2.24) is 0 Å². The molecule has 6 N–H and O–H groups in total. The molecule has 2 aromatic rings. The van der Waals surface area contributed by atoms with Crippen LogP contribution in [-0.2, 0) is 0 Å². The van der Waals surface area contributed by atoms with E-state index in [1.807, 2.05) is 0 Å². The van der Waals surface area contributed by atoms with Crippen molar-refractivity contribution in [2.75, 3.05) is 0 Å². The first-order valence-electron chi connectivity index (χ1n) is 11.4. The molecule has 7 heteroatoms. The van der Waals surface area contributed by atoms with Crippen LogP contribution in [-0.4, -0.2) is 36.4 Å². The Bertz CT molecular complexity index is 950. The minimum absolute atomic E-state index is 0.116. The quantitative estimate of drug-likeness (QED) is 0.216. The molecule has 0 bridgehead atoms. The number of phenolic OH excluding ortho intramolecular Hbond substituents is 6. The highest BCUT2D eigenvalue weighted by molar-refractivity contribution is 6.13. The van der Waals surface area contributed by atoms with Crippen molar-refractivity contribution in [2.45, 2.75) is 76.0 Å². The van der Waals surface area contributed by atoms with Crippen molar-refractivity contribution in [3.8, 4) is 34.5 Å². The lowest BCUT2D eigenvalue weighted by Crippen LogP contribution is -2.09. The first-order valence-corrected chi connectivity index (χ1v) is 11.4. The zero-order chi connectivity index (χ0) is 23.0. The van der Waals surface area contributed by atoms with Crippen LogP contribution in [0.3, 0.4) is 0 Å². The van der Waals surface area contributed by atoms with Crippen molar-refractivity contribution in [2.24, 2.45) is 0 Å². The Morgan fingerprint density at radius 3 is 1.25 bits per heavy atom. The number of ketones is 1. The van der Waals surface area contributed by atoms with Gasteiger partial charge >= 0.3 is 0 Å². The number of hydrogen-bond donors (Lipinski definition) is 6. The lowest BCUT2D eigenvalue weighted by atomic mass is 9.81. The molecule has 2 aliphatic rings. The first-order chi connectivity index (χ1) is 15.3. The van der Waals surface area contributed by atoms with Crippen molar-refractivity contribution >= 4 is 5.78 Å². The summed E-state index contributed by atoms with van der Waals surface area (Å²) in [4.78, 5) is 13.1. The molecule has 2 aliphatic carbocycles. The number of hydrogen-bond acceptors (Lipinski definition) is 7. The second-order valence-corrected chi connectivity index (χ2v) is 9.11. The molecule has 4 rings (SSSR count). The van der Waals surface area contributed by atoms with Gasteiger partial charge in [-0.05, 0) is 49.7 Å². The summed E-state index contributed by atoms with van der Waals surface area (Å²) in [5, 5.41) is 63.4. The predicted octanol–water partition coefficient (Wildman–Crippen LogP) is 5.25. The molecule has 0 amide bonds. The van der Waals surface area contributed by atoms with Crippen molar-refractivity contribution < 1.29 is 35.4 Å². The largest absolute Gasteiger partial charge is 0.507 e. The number of carbonyl (C=O) groups excluding carboxylic acids is 1. The van der Waals surface area contributed by atoms with Crippen molar-refractivity contribution in [3.05, 3.63) is 34.4 Å². The normalized spacial score (nSPS) is 18.0. The summed E-state index contributed by atoms with van der Waals surface area (Å²) < 4.78 is 0. The summed E-state index contributed by atoms with van der Waals surface area (Å²) in [5.74, 6) is -4.25. The highest BCUT2D eigenvalue weighted by atomic mass is 16.3. The van der Waals surface area contributed by atoms with Gasteiger partial charge in [-0.3, -0.25) is 4.79 Å². The van der Waals surface area contributed by atoms with Crippen LogP contribution in [0, 0.1) is 0 Å². The van der Waals surface area contributed by atoms with E-state index in [-0.39, 0.29) is 34.5 Å². The van der Waals surface area contributed by atoms with Crippen LogP contribution in [0.4, 0.5) is 0 Å². The molecule has 0 saturated heterocycles. The minimum atomic E-state index is -0.929. The molecule has 0 spiro atoms. The molecular formula is C25H30O7. The molecule has 172 valence electrons. The highest BCUT2D eigenvalue weighted by Crippen LogP contribution is 2.50. The van der Waals surface area contributed by atoms with E-state index >= 15 is 0 Å². The lowest BCUT2D eigenvalue weighted by molar-refractivity contribution is 0.103. The Morgan fingerprint density at radius 1 is 0.562 bits per heavy atom. The van der Waals surface area contributed by atoms with E-state index in [9.17, 15) is 35.4 Å². The van der Waals surface area contributed by atoms with E-state index in [2.05, 4.69) is 0 Å². The van der Waals surface area contributed by atoms with Gasteiger partial charge in [-0.1, -0.05) is 38.5 Å². The molecule has 32 heavy (non-hydrogen) atoms. The fraction of sp³-hybridized carbons (Fsp3) is 0.480. The Labute approximate surface area is 186 Å². The van der Waals surface area contributed by atoms with Gasteiger partial charge in [0.15, 0.2) is 23.0 Å². The SMILES string of the molecule is O=C(c1cc(O)c(C2CCCCC2)c(O)c1O)c1cc(O)c(C2CCCCC2)c(O)c1O. The molecule has 2 saturated carbocycles. The van der Waals surface area contributed by atoms with Gasteiger partial charge in [-0.2, -0.15) is 0 Å². The van der Waals surface area contributed by atoms with E-state index in [0.29, 0.717) is 0 Å². The maximum absolute atomic E-state index is 13.1. The monoisotopic (exact) mass is 442 g/mol. The number of carbonyl (C=O) groups is 1. The third-order valence-corrected chi connectivity index (χ3v) is 7.10. The summed E-state index contributed by atoms with van der Waals surface area (Å²) in [6, 6.07) is 2.15. The van der Waals surface area contributed by atoms with Gasteiger partial charge in [-0.25, -0.2) is 0 Å². The molecule has 2 fully saturated rings. The second-order valence-electron chi connectivity index (χ2n) is 9.11. The van der Waals surface area contributed by atoms with Crippen LogP contribution in [0.15, 0.2) is 12.1 Å². The Kier molecular flexibility index (Phi) is 6.09. The van der Waals surface area contributed by atoms with Crippen LogP contribution in [0.25, 0.3) is 0 Å². The molecule has 0 unspecified atom stereocenters. The lowest BCUT2D eigenvalue weighted by Gasteiger charge is -2.25. The summed E-state index contributed by atoms with van der Waals surface area (Å²) in [6.07, 6.45) is 8.99. The summed E-state index contributed by atoms with van der Waals surface area (Å²) in [6.45, 7) is 0. The van der Waals surface area contributed by atoms with E-state index in [0.717, 1.165) is 76.3 Å². The minimum Gasteiger partial charge on any atom is -0.507 e. The number of aromatic hydroxyl groups is 6. The number of benzene rings is 2. The molecule has 7 nitrogen and oxygen atoms in total. The van der Waals surface area contributed by atoms with Crippen molar-refractivity contribution in [1.29, 1.82) is 0 Å². The predicted molar refractivity (Wildman–Crippen MR) is 118 cm³/mol. The third kappa shape index (κ3) is 3.80. The number of rotatable bonds is 4. The maximum Gasteiger partial charge on any atom is 0.201 e. The van der Waals surface area contributed by atoms with Gasteiger partial charge in [0.05, 0.1) is 11.1 Å². The van der Waals surface area contributed by atoms with E-state index < -0.39 is 39.9 Å². The third-order valence-electron chi connectivity index (χ3n) is 7.10. The smallest absolute Gasteiger partial charge is 0.201 e.